The van der Waals surface area contributed by atoms with E-state index in [1.165, 1.54) is 0 Å². The Kier molecular flexibility index (Phi) is 7.34. The van der Waals surface area contributed by atoms with Crippen molar-refractivity contribution in [1.29, 1.82) is 0 Å². The minimum Gasteiger partial charge on any atom is -0.363 e. The van der Waals surface area contributed by atoms with Crippen LogP contribution in [-0.4, -0.2) is 43.2 Å². The summed E-state index contributed by atoms with van der Waals surface area (Å²) in [7, 11) is -1.95. The fourth-order valence-electron chi connectivity index (χ4n) is 7.60. The third kappa shape index (κ3) is 4.45. The molecule has 0 saturated carbocycles. The van der Waals surface area contributed by atoms with Crippen LogP contribution in [0.4, 0.5) is 10.1 Å². The Hall–Kier alpha value is -2.98. The zero-order chi connectivity index (χ0) is 29.1. The van der Waals surface area contributed by atoms with Gasteiger partial charge in [-0.25, -0.2) is 4.39 Å². The van der Waals surface area contributed by atoms with Gasteiger partial charge in [0.05, 0.1) is 10.7 Å². The van der Waals surface area contributed by atoms with E-state index < -0.39 is 13.9 Å². The smallest absolute Gasteiger partial charge is 0.175 e. The minimum absolute atomic E-state index is 0.294. The quantitative estimate of drug-likeness (QED) is 0.189. The SMILES string of the molecule is CC(C)[Si](C#Cc1cccc2cccc(-c3ncc4c(N5C[C@H]6NCC[C@H]65)c(Cl)cnc4c3F)c12)(C(C)C)C(C)C. The summed E-state index contributed by atoms with van der Waals surface area (Å²) in [5.74, 6) is 3.20. The van der Waals surface area contributed by atoms with Gasteiger partial charge in [0.2, 0.25) is 0 Å². The number of rotatable bonds is 5. The summed E-state index contributed by atoms with van der Waals surface area (Å²) in [6.45, 7) is 15.8. The van der Waals surface area contributed by atoms with Gasteiger partial charge in [0.1, 0.15) is 19.3 Å². The van der Waals surface area contributed by atoms with Crippen molar-refractivity contribution in [1.82, 2.24) is 15.3 Å². The van der Waals surface area contributed by atoms with Crippen LogP contribution in [0.15, 0.2) is 48.8 Å². The molecule has 4 aromatic rings. The molecule has 2 atom stereocenters. The van der Waals surface area contributed by atoms with Crippen molar-refractivity contribution in [2.75, 3.05) is 18.0 Å². The first-order chi connectivity index (χ1) is 19.6. The summed E-state index contributed by atoms with van der Waals surface area (Å²) < 4.78 is 16.4. The summed E-state index contributed by atoms with van der Waals surface area (Å²) in [5.41, 5.74) is 8.52. The van der Waals surface area contributed by atoms with Crippen LogP contribution in [0.2, 0.25) is 21.6 Å². The summed E-state index contributed by atoms with van der Waals surface area (Å²) in [6, 6.07) is 13.0. The molecule has 6 rings (SSSR count). The molecule has 2 aromatic heterocycles. The lowest BCUT2D eigenvalue weighted by molar-refractivity contribution is 0.397. The van der Waals surface area contributed by atoms with E-state index in [2.05, 4.69) is 86.4 Å². The van der Waals surface area contributed by atoms with E-state index >= 15 is 4.39 Å². The number of pyridine rings is 2. The van der Waals surface area contributed by atoms with E-state index in [1.807, 2.05) is 18.2 Å². The Balaban J connectivity index is 1.52. The van der Waals surface area contributed by atoms with E-state index in [0.717, 1.165) is 47.1 Å². The van der Waals surface area contributed by atoms with Crippen LogP contribution in [0.5, 0.6) is 0 Å². The van der Waals surface area contributed by atoms with Gasteiger partial charge in [-0.3, -0.25) is 9.97 Å². The average Bonchev–Trinajstić information content (AvgIpc) is 3.30. The van der Waals surface area contributed by atoms with Crippen molar-refractivity contribution in [2.45, 2.75) is 76.7 Å². The van der Waals surface area contributed by atoms with Gasteiger partial charge in [0, 0.05) is 52.9 Å². The second kappa shape index (κ2) is 10.7. The predicted octanol–water partition coefficient (Wildman–Crippen LogP) is 8.36. The molecule has 2 aliphatic rings. The van der Waals surface area contributed by atoms with Crippen molar-refractivity contribution >= 4 is 47.0 Å². The van der Waals surface area contributed by atoms with Gasteiger partial charge in [0.15, 0.2) is 5.82 Å². The van der Waals surface area contributed by atoms with Crippen molar-refractivity contribution in [3.8, 4) is 22.7 Å². The summed E-state index contributed by atoms with van der Waals surface area (Å²) >= 11 is 6.66. The Labute approximate surface area is 248 Å². The van der Waals surface area contributed by atoms with Gasteiger partial charge in [-0.2, -0.15) is 0 Å². The molecule has 0 aliphatic carbocycles. The Morgan fingerprint density at radius 2 is 1.71 bits per heavy atom. The van der Waals surface area contributed by atoms with E-state index in [1.54, 1.807) is 12.4 Å². The molecule has 0 bridgehead atoms. The van der Waals surface area contributed by atoms with Crippen LogP contribution in [0.3, 0.4) is 0 Å². The first-order valence-corrected chi connectivity index (χ1v) is 17.4. The van der Waals surface area contributed by atoms with Gasteiger partial charge in [-0.1, -0.05) is 89.4 Å². The van der Waals surface area contributed by atoms with E-state index in [-0.39, 0.29) is 0 Å². The summed E-state index contributed by atoms with van der Waals surface area (Å²) in [5, 5.41) is 6.67. The van der Waals surface area contributed by atoms with Crippen molar-refractivity contribution in [3.63, 3.8) is 0 Å². The number of benzene rings is 2. The maximum absolute atomic E-state index is 16.4. The number of nitrogens with zero attached hydrogens (tertiary/aromatic N) is 3. The second-order valence-corrected chi connectivity index (χ2v) is 18.6. The predicted molar refractivity (Wildman–Crippen MR) is 173 cm³/mol. The third-order valence-corrected chi connectivity index (χ3v) is 16.2. The standard InChI is InChI=1S/C34H38ClFN4Si/c1-20(2)41(21(3)4,22(5)6)16-14-24-10-7-9-23-11-8-12-25(30(23)24)32-31(36)33-26(17-38-32)34(27(35)18-39-33)40-19-28-29(40)13-15-37-28/h7-12,17-18,20-22,28-29,37H,13,15,19H2,1-6H3/t28-,29-/m1/s1. The lowest BCUT2D eigenvalue weighted by Gasteiger charge is -2.46. The Morgan fingerprint density at radius 1 is 1.00 bits per heavy atom. The zero-order valence-electron chi connectivity index (χ0n) is 24.7. The first kappa shape index (κ1) is 28.2. The maximum atomic E-state index is 16.4. The topological polar surface area (TPSA) is 41.1 Å². The highest BCUT2D eigenvalue weighted by Gasteiger charge is 2.44. The van der Waals surface area contributed by atoms with Gasteiger partial charge in [-0.15, -0.1) is 5.54 Å². The van der Waals surface area contributed by atoms with Gasteiger partial charge in [-0.05, 0) is 41.0 Å². The normalized spacial score (nSPS) is 18.8. The van der Waals surface area contributed by atoms with Crippen LogP contribution < -0.4 is 10.2 Å². The number of hydrogen-bond acceptors (Lipinski definition) is 4. The number of aromatic nitrogens is 2. The third-order valence-electron chi connectivity index (χ3n) is 9.61. The average molecular weight is 585 g/mol. The van der Waals surface area contributed by atoms with Gasteiger partial charge in [0.25, 0.3) is 0 Å². The van der Waals surface area contributed by atoms with Gasteiger partial charge < -0.3 is 10.2 Å². The molecular weight excluding hydrogens is 547 g/mol. The molecule has 0 amide bonds. The molecule has 2 aromatic carbocycles. The highest BCUT2D eigenvalue weighted by Crippen LogP contribution is 2.43. The first-order valence-electron chi connectivity index (χ1n) is 14.8. The zero-order valence-corrected chi connectivity index (χ0v) is 26.5. The van der Waals surface area contributed by atoms with Crippen LogP contribution >= 0.6 is 11.6 Å². The number of halogens is 2. The Morgan fingerprint density at radius 3 is 2.39 bits per heavy atom. The highest BCUT2D eigenvalue weighted by molar-refractivity contribution is 6.90. The fraction of sp³-hybridized carbons (Fsp3) is 0.412. The monoisotopic (exact) mass is 584 g/mol. The molecule has 0 unspecified atom stereocenters. The fourth-order valence-corrected chi connectivity index (χ4v) is 13.1. The van der Waals surface area contributed by atoms with Crippen LogP contribution in [0, 0.1) is 17.3 Å². The molecule has 2 fully saturated rings. The maximum Gasteiger partial charge on any atom is 0.175 e. The lowest BCUT2D eigenvalue weighted by Crippen LogP contribution is -2.61. The molecule has 0 radical (unpaired) electrons. The number of hydrogen-bond donors (Lipinski definition) is 1. The number of nitrogens with one attached hydrogen (secondary N) is 1. The Bertz CT molecular complexity index is 1680. The van der Waals surface area contributed by atoms with E-state index in [0.29, 0.717) is 50.3 Å². The van der Waals surface area contributed by atoms with E-state index in [4.69, 9.17) is 16.6 Å². The van der Waals surface area contributed by atoms with Gasteiger partial charge >= 0.3 is 0 Å². The summed E-state index contributed by atoms with van der Waals surface area (Å²) in [4.78, 5) is 11.5. The molecular formula is C34H38ClFN4Si. The molecule has 212 valence electrons. The highest BCUT2D eigenvalue weighted by atomic mass is 35.5. The minimum atomic E-state index is -1.95. The molecule has 7 heteroatoms. The molecule has 4 heterocycles. The second-order valence-electron chi connectivity index (χ2n) is 12.6. The molecule has 4 nitrogen and oxygen atoms in total. The molecule has 0 spiro atoms. The summed E-state index contributed by atoms with van der Waals surface area (Å²) in [6.07, 6.45) is 4.38. The molecule has 1 N–H and O–H groups in total. The number of fused-ring (bicyclic) bond motifs is 3. The largest absolute Gasteiger partial charge is 0.363 e. The van der Waals surface area contributed by atoms with Crippen LogP contribution in [-0.2, 0) is 0 Å². The van der Waals surface area contributed by atoms with Crippen molar-refractivity contribution in [3.05, 3.63) is 65.2 Å². The molecule has 41 heavy (non-hydrogen) atoms. The molecule has 2 saturated heterocycles. The number of anilines is 1. The van der Waals surface area contributed by atoms with Crippen LogP contribution in [0.25, 0.3) is 32.9 Å². The van der Waals surface area contributed by atoms with Crippen LogP contribution in [0.1, 0.15) is 53.5 Å². The van der Waals surface area contributed by atoms with Crippen molar-refractivity contribution < 1.29 is 4.39 Å². The van der Waals surface area contributed by atoms with Crippen molar-refractivity contribution in [2.24, 2.45) is 0 Å². The van der Waals surface area contributed by atoms with E-state index in [9.17, 15) is 0 Å². The lowest BCUT2D eigenvalue weighted by atomic mass is 9.95. The molecule has 2 aliphatic heterocycles.